The van der Waals surface area contributed by atoms with Crippen molar-refractivity contribution in [2.45, 2.75) is 32.4 Å². The van der Waals surface area contributed by atoms with Gasteiger partial charge in [-0.05, 0) is 38.5 Å². The lowest BCUT2D eigenvalue weighted by molar-refractivity contribution is 0.0639. The Morgan fingerprint density at radius 1 is 1.53 bits per heavy atom. The zero-order chi connectivity index (χ0) is 12.5. The van der Waals surface area contributed by atoms with Crippen LogP contribution in [0.15, 0.2) is 18.3 Å². The number of aliphatic hydroxyl groups excluding tert-OH is 1. The number of ether oxygens (including phenoxy) is 1. The molecule has 2 heterocycles. The van der Waals surface area contributed by atoms with Gasteiger partial charge in [0.05, 0.1) is 24.9 Å². The van der Waals surface area contributed by atoms with Crippen LogP contribution in [0, 0.1) is 0 Å². The van der Waals surface area contributed by atoms with Crippen molar-refractivity contribution in [1.29, 1.82) is 0 Å². The highest BCUT2D eigenvalue weighted by Crippen LogP contribution is 2.26. The fraction of sp³-hybridized carbons (Fsp3) is 0.615. The third kappa shape index (κ3) is 2.58. The van der Waals surface area contributed by atoms with Crippen molar-refractivity contribution in [3.05, 3.63) is 23.9 Å². The number of nitrogens with zero attached hydrogens (tertiary/aromatic N) is 2. The average Bonchev–Trinajstić information content (AvgIpc) is 2.28. The number of hydrogen-bond donors (Lipinski definition) is 1. The van der Waals surface area contributed by atoms with E-state index in [2.05, 4.69) is 23.7 Å². The Kier molecular flexibility index (Phi) is 3.35. The number of aliphatic hydroxyl groups is 1. The molecule has 0 aliphatic carbocycles. The molecule has 0 amide bonds. The van der Waals surface area contributed by atoms with Crippen LogP contribution in [0.4, 0.5) is 5.82 Å². The van der Waals surface area contributed by atoms with Crippen molar-refractivity contribution < 1.29 is 9.84 Å². The molecule has 0 saturated carbocycles. The standard InChI is InChI=1S/C13H20N2O2/c1-10(16)11-4-5-14-12(8-11)15-6-7-17-9-13(15,2)3/h4-5,8,10,16H,6-7,9H2,1-3H3. The monoisotopic (exact) mass is 236 g/mol. The van der Waals surface area contributed by atoms with Crippen LogP contribution in [0.5, 0.6) is 0 Å². The Bertz CT molecular complexity index is 391. The third-order valence-electron chi connectivity index (χ3n) is 3.17. The summed E-state index contributed by atoms with van der Waals surface area (Å²) in [6, 6.07) is 3.80. The van der Waals surface area contributed by atoms with Gasteiger partial charge in [0.15, 0.2) is 0 Å². The Labute approximate surface area is 102 Å². The molecule has 1 atom stereocenters. The van der Waals surface area contributed by atoms with Crippen molar-refractivity contribution in [2.24, 2.45) is 0 Å². The van der Waals surface area contributed by atoms with Crippen molar-refractivity contribution in [1.82, 2.24) is 4.98 Å². The van der Waals surface area contributed by atoms with Crippen LogP contribution in [0.1, 0.15) is 32.4 Å². The number of hydrogen-bond acceptors (Lipinski definition) is 4. The molecule has 4 nitrogen and oxygen atoms in total. The highest BCUT2D eigenvalue weighted by atomic mass is 16.5. The predicted molar refractivity (Wildman–Crippen MR) is 67.1 cm³/mol. The molecule has 94 valence electrons. The van der Waals surface area contributed by atoms with E-state index in [1.165, 1.54) is 0 Å². The Balaban J connectivity index is 2.29. The second-order valence-corrected chi connectivity index (χ2v) is 5.14. The summed E-state index contributed by atoms with van der Waals surface area (Å²) in [4.78, 5) is 6.64. The molecule has 4 heteroatoms. The van der Waals surface area contributed by atoms with Crippen LogP contribution in [0.3, 0.4) is 0 Å². The number of rotatable bonds is 2. The topological polar surface area (TPSA) is 45.6 Å². The summed E-state index contributed by atoms with van der Waals surface area (Å²) in [5.74, 6) is 0.914. The van der Waals surface area contributed by atoms with Gasteiger partial charge in [-0.15, -0.1) is 0 Å². The van der Waals surface area contributed by atoms with E-state index in [0.717, 1.165) is 24.5 Å². The second-order valence-electron chi connectivity index (χ2n) is 5.14. The largest absolute Gasteiger partial charge is 0.389 e. The fourth-order valence-corrected chi connectivity index (χ4v) is 2.12. The molecule has 1 unspecified atom stereocenters. The second kappa shape index (κ2) is 4.63. The summed E-state index contributed by atoms with van der Waals surface area (Å²) in [6.45, 7) is 8.32. The molecule has 1 aromatic rings. The Morgan fingerprint density at radius 3 is 2.94 bits per heavy atom. The first-order chi connectivity index (χ1) is 8.00. The molecule has 2 rings (SSSR count). The summed E-state index contributed by atoms with van der Waals surface area (Å²) in [5.41, 5.74) is 0.847. The van der Waals surface area contributed by atoms with E-state index in [1.54, 1.807) is 13.1 Å². The zero-order valence-corrected chi connectivity index (χ0v) is 10.7. The molecule has 1 aliphatic rings. The van der Waals surface area contributed by atoms with E-state index in [9.17, 15) is 5.11 Å². The molecule has 1 fully saturated rings. The van der Waals surface area contributed by atoms with E-state index in [0.29, 0.717) is 6.61 Å². The van der Waals surface area contributed by atoms with Gasteiger partial charge in [0.1, 0.15) is 5.82 Å². The summed E-state index contributed by atoms with van der Waals surface area (Å²) in [5, 5.41) is 9.61. The van der Waals surface area contributed by atoms with Crippen LogP contribution in [-0.4, -0.2) is 35.4 Å². The normalized spacial score (nSPS) is 21.3. The molecule has 0 aromatic carbocycles. The molecule has 17 heavy (non-hydrogen) atoms. The van der Waals surface area contributed by atoms with Crippen molar-refractivity contribution in [3.63, 3.8) is 0 Å². The van der Waals surface area contributed by atoms with Gasteiger partial charge in [-0.2, -0.15) is 0 Å². The first kappa shape index (κ1) is 12.3. The van der Waals surface area contributed by atoms with Gasteiger partial charge in [-0.3, -0.25) is 0 Å². The first-order valence-electron chi connectivity index (χ1n) is 6.00. The minimum absolute atomic E-state index is 0.0530. The van der Waals surface area contributed by atoms with Gasteiger partial charge < -0.3 is 14.7 Å². The number of anilines is 1. The lowest BCUT2D eigenvalue weighted by Gasteiger charge is -2.43. The Morgan fingerprint density at radius 2 is 2.29 bits per heavy atom. The number of morpholine rings is 1. The maximum absolute atomic E-state index is 9.61. The lowest BCUT2D eigenvalue weighted by Crippen LogP contribution is -2.53. The van der Waals surface area contributed by atoms with Gasteiger partial charge in [0.25, 0.3) is 0 Å². The SMILES string of the molecule is CC(O)c1ccnc(N2CCOCC2(C)C)c1. The van der Waals surface area contributed by atoms with Gasteiger partial charge >= 0.3 is 0 Å². The van der Waals surface area contributed by atoms with Crippen molar-refractivity contribution in [3.8, 4) is 0 Å². The van der Waals surface area contributed by atoms with Gasteiger partial charge in [-0.25, -0.2) is 4.98 Å². The van der Waals surface area contributed by atoms with E-state index < -0.39 is 6.10 Å². The van der Waals surface area contributed by atoms with Crippen LogP contribution in [0.2, 0.25) is 0 Å². The maximum atomic E-state index is 9.61. The third-order valence-corrected chi connectivity index (χ3v) is 3.17. The summed E-state index contributed by atoms with van der Waals surface area (Å²) < 4.78 is 5.50. The molecule has 0 spiro atoms. The van der Waals surface area contributed by atoms with Crippen LogP contribution in [-0.2, 0) is 4.74 Å². The first-order valence-corrected chi connectivity index (χ1v) is 6.00. The maximum Gasteiger partial charge on any atom is 0.129 e. The molecule has 1 aromatic heterocycles. The van der Waals surface area contributed by atoms with Crippen molar-refractivity contribution >= 4 is 5.82 Å². The minimum atomic E-state index is -0.457. The minimum Gasteiger partial charge on any atom is -0.389 e. The molecule has 0 radical (unpaired) electrons. The number of aromatic nitrogens is 1. The van der Waals surface area contributed by atoms with E-state index >= 15 is 0 Å². The average molecular weight is 236 g/mol. The number of pyridine rings is 1. The smallest absolute Gasteiger partial charge is 0.129 e. The molecule has 0 bridgehead atoms. The van der Waals surface area contributed by atoms with Crippen LogP contribution in [0.25, 0.3) is 0 Å². The van der Waals surface area contributed by atoms with Gasteiger partial charge in [0, 0.05) is 12.7 Å². The molecular formula is C13H20N2O2. The van der Waals surface area contributed by atoms with Crippen LogP contribution < -0.4 is 4.90 Å². The molecule has 1 N–H and O–H groups in total. The fourth-order valence-electron chi connectivity index (χ4n) is 2.12. The van der Waals surface area contributed by atoms with E-state index in [-0.39, 0.29) is 5.54 Å². The molecule has 1 saturated heterocycles. The van der Waals surface area contributed by atoms with Crippen LogP contribution >= 0.6 is 0 Å². The summed E-state index contributed by atoms with van der Waals surface area (Å²) >= 11 is 0. The van der Waals surface area contributed by atoms with Gasteiger partial charge in [0.2, 0.25) is 0 Å². The van der Waals surface area contributed by atoms with E-state index in [4.69, 9.17) is 4.74 Å². The zero-order valence-electron chi connectivity index (χ0n) is 10.7. The summed E-state index contributed by atoms with van der Waals surface area (Å²) in [7, 11) is 0. The van der Waals surface area contributed by atoms with Gasteiger partial charge in [-0.1, -0.05) is 0 Å². The summed E-state index contributed by atoms with van der Waals surface area (Å²) in [6.07, 6.45) is 1.30. The van der Waals surface area contributed by atoms with Crippen molar-refractivity contribution in [2.75, 3.05) is 24.7 Å². The Hall–Kier alpha value is -1.13. The highest BCUT2D eigenvalue weighted by molar-refractivity contribution is 5.44. The molecule has 1 aliphatic heterocycles. The van der Waals surface area contributed by atoms with E-state index in [1.807, 2.05) is 12.1 Å². The predicted octanol–water partition coefficient (Wildman–Crippen LogP) is 1.75. The highest BCUT2D eigenvalue weighted by Gasteiger charge is 2.31. The molecular weight excluding hydrogens is 216 g/mol. The lowest BCUT2D eigenvalue weighted by atomic mass is 10.0. The quantitative estimate of drug-likeness (QED) is 0.849.